The van der Waals surface area contributed by atoms with Gasteiger partial charge in [0.15, 0.2) is 0 Å². The lowest BCUT2D eigenvalue weighted by atomic mass is 9.88. The number of aromatic nitrogens is 1. The molecule has 4 heteroatoms. The van der Waals surface area contributed by atoms with E-state index < -0.39 is 0 Å². The van der Waals surface area contributed by atoms with Crippen LogP contribution >= 0.6 is 0 Å². The predicted molar refractivity (Wildman–Crippen MR) is 76.0 cm³/mol. The molecule has 4 nitrogen and oxygen atoms in total. The summed E-state index contributed by atoms with van der Waals surface area (Å²) in [6, 6.07) is 4.18. The van der Waals surface area contributed by atoms with Crippen LogP contribution in [0.5, 0.6) is 0 Å². The van der Waals surface area contributed by atoms with Crippen LogP contribution in [0, 0.1) is 6.92 Å². The third-order valence-electron chi connectivity index (χ3n) is 3.72. The zero-order valence-corrected chi connectivity index (χ0v) is 12.2. The van der Waals surface area contributed by atoms with Crippen LogP contribution in [0.25, 0.3) is 0 Å². The average molecular weight is 250 g/mol. The third kappa shape index (κ3) is 3.07. The van der Waals surface area contributed by atoms with E-state index in [2.05, 4.69) is 49.1 Å². The molecule has 0 bridgehead atoms. The molecular formula is C14H26N4. The molecular weight excluding hydrogens is 224 g/mol. The summed E-state index contributed by atoms with van der Waals surface area (Å²) in [6.07, 6.45) is 1.91. The second kappa shape index (κ2) is 6.27. The molecule has 1 aromatic rings. The van der Waals surface area contributed by atoms with Gasteiger partial charge in [-0.15, -0.1) is 0 Å². The molecule has 1 rings (SSSR count). The number of hydrogen-bond donors (Lipinski definition) is 2. The Kier molecular flexibility index (Phi) is 5.26. The number of hydrogen-bond acceptors (Lipinski definition) is 4. The van der Waals surface area contributed by atoms with Crippen molar-refractivity contribution in [2.45, 2.75) is 46.2 Å². The van der Waals surface area contributed by atoms with Gasteiger partial charge in [-0.05, 0) is 45.5 Å². The lowest BCUT2D eigenvalue weighted by molar-refractivity contribution is 0.0911. The fourth-order valence-electron chi connectivity index (χ4n) is 2.58. The smallest absolute Gasteiger partial charge is 0.0653 e. The van der Waals surface area contributed by atoms with E-state index in [4.69, 9.17) is 5.84 Å². The van der Waals surface area contributed by atoms with Gasteiger partial charge in [-0.1, -0.05) is 19.9 Å². The number of rotatable bonds is 6. The molecule has 0 fully saturated rings. The van der Waals surface area contributed by atoms with E-state index in [-0.39, 0.29) is 11.6 Å². The normalized spacial score (nSPS) is 13.9. The van der Waals surface area contributed by atoms with Crippen LogP contribution in [0.4, 0.5) is 0 Å². The Balaban J connectivity index is 3.04. The van der Waals surface area contributed by atoms with Crippen molar-refractivity contribution in [3.05, 3.63) is 29.6 Å². The zero-order chi connectivity index (χ0) is 13.8. The Labute approximate surface area is 111 Å². The van der Waals surface area contributed by atoms with Gasteiger partial charge in [-0.25, -0.2) is 0 Å². The highest BCUT2D eigenvalue weighted by Gasteiger charge is 2.34. The van der Waals surface area contributed by atoms with Crippen molar-refractivity contribution in [2.24, 2.45) is 5.84 Å². The number of nitrogens with one attached hydrogen (secondary N) is 1. The van der Waals surface area contributed by atoms with Gasteiger partial charge in [0.1, 0.15) is 0 Å². The van der Waals surface area contributed by atoms with Crippen LogP contribution in [-0.4, -0.2) is 28.5 Å². The van der Waals surface area contributed by atoms with Crippen molar-refractivity contribution in [3.8, 4) is 0 Å². The van der Waals surface area contributed by atoms with Gasteiger partial charge in [-0.3, -0.25) is 21.2 Å². The van der Waals surface area contributed by atoms with Gasteiger partial charge in [0, 0.05) is 17.4 Å². The van der Waals surface area contributed by atoms with Crippen LogP contribution in [0.15, 0.2) is 18.3 Å². The monoisotopic (exact) mass is 250 g/mol. The first-order chi connectivity index (χ1) is 8.47. The Morgan fingerprint density at radius 3 is 2.33 bits per heavy atom. The summed E-state index contributed by atoms with van der Waals surface area (Å²) in [7, 11) is 0. The molecule has 0 aromatic carbocycles. The van der Waals surface area contributed by atoms with E-state index in [1.165, 1.54) is 0 Å². The molecule has 0 saturated heterocycles. The minimum atomic E-state index is -0.0603. The quantitative estimate of drug-likeness (QED) is 0.599. The van der Waals surface area contributed by atoms with Gasteiger partial charge >= 0.3 is 0 Å². The summed E-state index contributed by atoms with van der Waals surface area (Å²) in [5.74, 6) is 5.77. The number of aryl methyl sites for hydroxylation is 1. The fraction of sp³-hybridized carbons (Fsp3) is 0.643. The summed E-state index contributed by atoms with van der Waals surface area (Å²) in [6.45, 7) is 12.8. The molecule has 1 atom stereocenters. The Morgan fingerprint density at radius 1 is 1.33 bits per heavy atom. The molecule has 0 radical (unpaired) electrons. The average Bonchev–Trinajstić information content (AvgIpc) is 2.33. The summed E-state index contributed by atoms with van der Waals surface area (Å²) in [5, 5.41) is 0. The largest absolute Gasteiger partial charge is 0.297 e. The second-order valence-corrected chi connectivity index (χ2v) is 5.16. The van der Waals surface area contributed by atoms with Crippen molar-refractivity contribution < 1.29 is 0 Å². The van der Waals surface area contributed by atoms with Crippen LogP contribution in [0.3, 0.4) is 0 Å². The Morgan fingerprint density at radius 2 is 1.94 bits per heavy atom. The van der Waals surface area contributed by atoms with E-state index in [9.17, 15) is 0 Å². The molecule has 0 saturated carbocycles. The van der Waals surface area contributed by atoms with E-state index in [1.807, 2.05) is 19.2 Å². The van der Waals surface area contributed by atoms with Crippen LogP contribution in [-0.2, 0) is 0 Å². The molecule has 1 unspecified atom stereocenters. The molecule has 0 aliphatic heterocycles. The molecule has 1 aromatic heterocycles. The minimum absolute atomic E-state index is 0.0603. The third-order valence-corrected chi connectivity index (χ3v) is 3.72. The van der Waals surface area contributed by atoms with Crippen molar-refractivity contribution in [2.75, 3.05) is 13.1 Å². The Bertz CT molecular complexity index is 355. The highest BCUT2D eigenvalue weighted by atomic mass is 15.3. The lowest BCUT2D eigenvalue weighted by Gasteiger charge is -2.43. The predicted octanol–water partition coefficient (Wildman–Crippen LogP) is 2.01. The topological polar surface area (TPSA) is 54.2 Å². The van der Waals surface area contributed by atoms with Gasteiger partial charge in [0.05, 0.1) is 6.04 Å². The standard InChI is InChI=1S/C14H26N4/c1-6-18(7-2)14(4,5)13(17-15)12-9-8-11(3)16-10-12/h8-10,13,17H,6-7,15H2,1-5H3. The van der Waals surface area contributed by atoms with Crippen molar-refractivity contribution in [1.82, 2.24) is 15.3 Å². The summed E-state index contributed by atoms with van der Waals surface area (Å²) in [4.78, 5) is 6.76. The highest BCUT2D eigenvalue weighted by Crippen LogP contribution is 2.30. The van der Waals surface area contributed by atoms with E-state index in [0.29, 0.717) is 0 Å². The first kappa shape index (κ1) is 15.1. The van der Waals surface area contributed by atoms with Gasteiger partial charge in [-0.2, -0.15) is 0 Å². The first-order valence-electron chi connectivity index (χ1n) is 6.61. The van der Waals surface area contributed by atoms with Crippen molar-refractivity contribution >= 4 is 0 Å². The molecule has 0 spiro atoms. The van der Waals surface area contributed by atoms with Crippen molar-refractivity contribution in [1.29, 1.82) is 0 Å². The maximum absolute atomic E-state index is 5.77. The molecule has 18 heavy (non-hydrogen) atoms. The SMILES string of the molecule is CCN(CC)C(C)(C)C(NN)c1ccc(C)nc1. The van der Waals surface area contributed by atoms with Crippen LogP contribution in [0.2, 0.25) is 0 Å². The molecule has 0 amide bonds. The fourth-order valence-corrected chi connectivity index (χ4v) is 2.58. The number of nitrogens with two attached hydrogens (primary N) is 1. The van der Waals surface area contributed by atoms with E-state index >= 15 is 0 Å². The number of likely N-dealkylation sites (N-methyl/N-ethyl adjacent to an activating group) is 1. The molecule has 102 valence electrons. The second-order valence-electron chi connectivity index (χ2n) is 5.16. The van der Waals surface area contributed by atoms with Crippen LogP contribution < -0.4 is 11.3 Å². The maximum Gasteiger partial charge on any atom is 0.0653 e. The maximum atomic E-state index is 5.77. The van der Waals surface area contributed by atoms with Gasteiger partial charge in [0.2, 0.25) is 0 Å². The highest BCUT2D eigenvalue weighted by molar-refractivity contribution is 5.21. The lowest BCUT2D eigenvalue weighted by Crippen LogP contribution is -2.54. The number of nitrogens with zero attached hydrogens (tertiary/aromatic N) is 2. The molecule has 0 aliphatic carbocycles. The molecule has 3 N–H and O–H groups in total. The first-order valence-corrected chi connectivity index (χ1v) is 6.61. The summed E-state index contributed by atoms with van der Waals surface area (Å²) in [5.41, 5.74) is 5.03. The van der Waals surface area contributed by atoms with Gasteiger partial charge < -0.3 is 0 Å². The van der Waals surface area contributed by atoms with E-state index in [1.54, 1.807) is 0 Å². The van der Waals surface area contributed by atoms with Crippen molar-refractivity contribution in [3.63, 3.8) is 0 Å². The number of hydrazine groups is 1. The minimum Gasteiger partial charge on any atom is -0.297 e. The Hall–Kier alpha value is -0.970. The van der Waals surface area contributed by atoms with Gasteiger partial charge in [0.25, 0.3) is 0 Å². The van der Waals surface area contributed by atoms with E-state index in [0.717, 1.165) is 24.3 Å². The number of pyridine rings is 1. The zero-order valence-electron chi connectivity index (χ0n) is 12.2. The summed E-state index contributed by atoms with van der Waals surface area (Å²) >= 11 is 0. The molecule has 0 aliphatic rings. The molecule has 1 heterocycles. The summed E-state index contributed by atoms with van der Waals surface area (Å²) < 4.78 is 0. The van der Waals surface area contributed by atoms with Crippen LogP contribution in [0.1, 0.15) is 45.0 Å².